The highest BCUT2D eigenvalue weighted by atomic mass is 16.6. The molecule has 2 saturated heterocycles. The number of carbonyl (C=O) groups excluding carboxylic acids is 1. The van der Waals surface area contributed by atoms with Crippen LogP contribution in [-0.4, -0.2) is 49.7 Å². The summed E-state index contributed by atoms with van der Waals surface area (Å²) in [5, 5.41) is 0. The summed E-state index contributed by atoms with van der Waals surface area (Å²) in [6, 6.07) is 10.7. The summed E-state index contributed by atoms with van der Waals surface area (Å²) in [5.41, 5.74) is 4.81. The number of para-hydroxylation sites is 1. The molecule has 2 aliphatic carbocycles. The number of carbonyl (C=O) groups is 1. The molecular weight excluding hydrogens is 360 g/mol. The normalized spacial score (nSPS) is 35.3. The molecule has 1 aromatic rings. The van der Waals surface area contributed by atoms with Gasteiger partial charge in [-0.05, 0) is 56.6 Å². The maximum atomic E-state index is 12.8. The molecule has 4 nitrogen and oxygen atoms in total. The lowest BCUT2D eigenvalue weighted by atomic mass is 9.59. The molecule has 0 spiro atoms. The minimum absolute atomic E-state index is 0.0510. The molecular formula is C25H34N2O2. The lowest BCUT2D eigenvalue weighted by Crippen LogP contribution is -2.49. The van der Waals surface area contributed by atoms with Crippen molar-refractivity contribution in [3.8, 4) is 0 Å². The highest BCUT2D eigenvalue weighted by molar-refractivity contribution is 5.76. The Morgan fingerprint density at radius 2 is 1.90 bits per heavy atom. The van der Waals surface area contributed by atoms with Crippen LogP contribution in [0, 0.1) is 17.3 Å². The number of anilines is 1. The van der Waals surface area contributed by atoms with Gasteiger partial charge in [-0.2, -0.15) is 0 Å². The van der Waals surface area contributed by atoms with E-state index in [4.69, 9.17) is 4.74 Å². The third-order valence-corrected chi connectivity index (χ3v) is 8.13. The van der Waals surface area contributed by atoms with Crippen molar-refractivity contribution in [1.29, 1.82) is 0 Å². The third kappa shape index (κ3) is 3.50. The molecule has 5 rings (SSSR count). The average molecular weight is 395 g/mol. The number of fused-ring (bicyclic) bond motifs is 2. The number of rotatable bonds is 3. The molecule has 156 valence electrons. The molecule has 1 saturated carbocycles. The topological polar surface area (TPSA) is 32.8 Å². The number of benzene rings is 1. The number of hydrogen-bond donors (Lipinski definition) is 0. The minimum Gasteiger partial charge on any atom is -0.462 e. The van der Waals surface area contributed by atoms with E-state index in [1.54, 1.807) is 11.1 Å². The number of nitrogens with zero attached hydrogens (tertiary/aromatic N) is 2. The maximum absolute atomic E-state index is 12.8. The highest BCUT2D eigenvalue weighted by Gasteiger charge is 2.53. The van der Waals surface area contributed by atoms with Gasteiger partial charge in [0.15, 0.2) is 0 Å². The van der Waals surface area contributed by atoms with Crippen LogP contribution >= 0.6 is 0 Å². The SMILES string of the molecule is CC1=C2C[C@H]3[C@@H](C[C@@]2(C)CCC1)OC(=O)[C@@H]3CN1CCN(c2ccccc2)CC1. The zero-order chi connectivity index (χ0) is 20.0. The Morgan fingerprint density at radius 3 is 2.66 bits per heavy atom. The van der Waals surface area contributed by atoms with Crippen LogP contribution in [-0.2, 0) is 9.53 Å². The van der Waals surface area contributed by atoms with Crippen LogP contribution in [0.3, 0.4) is 0 Å². The van der Waals surface area contributed by atoms with Crippen LogP contribution in [0.2, 0.25) is 0 Å². The summed E-state index contributed by atoms with van der Waals surface area (Å²) in [5.74, 6) is 0.492. The highest BCUT2D eigenvalue weighted by Crippen LogP contribution is 2.55. The van der Waals surface area contributed by atoms with Crippen molar-refractivity contribution >= 4 is 11.7 Å². The van der Waals surface area contributed by atoms with Crippen LogP contribution in [0.5, 0.6) is 0 Å². The zero-order valence-electron chi connectivity index (χ0n) is 17.9. The Bertz CT molecular complexity index is 796. The molecule has 0 N–H and O–H groups in total. The van der Waals surface area contributed by atoms with E-state index in [2.05, 4.69) is 54.0 Å². The molecule has 0 aromatic heterocycles. The number of ether oxygens (including phenoxy) is 1. The Morgan fingerprint density at radius 1 is 1.14 bits per heavy atom. The molecule has 4 atom stereocenters. The zero-order valence-corrected chi connectivity index (χ0v) is 17.9. The van der Waals surface area contributed by atoms with Crippen molar-refractivity contribution in [2.24, 2.45) is 17.3 Å². The van der Waals surface area contributed by atoms with Gasteiger partial charge < -0.3 is 9.64 Å². The first-order valence-corrected chi connectivity index (χ1v) is 11.5. The monoisotopic (exact) mass is 394 g/mol. The Labute approximate surface area is 174 Å². The first-order valence-electron chi connectivity index (χ1n) is 11.5. The molecule has 29 heavy (non-hydrogen) atoms. The van der Waals surface area contributed by atoms with Gasteiger partial charge in [0.2, 0.25) is 0 Å². The second kappa shape index (κ2) is 7.46. The first kappa shape index (κ1) is 19.2. The second-order valence-corrected chi connectivity index (χ2v) is 9.95. The molecule has 0 unspecified atom stereocenters. The quantitative estimate of drug-likeness (QED) is 0.566. The Kier molecular flexibility index (Phi) is 4.93. The van der Waals surface area contributed by atoms with Gasteiger partial charge in [0.25, 0.3) is 0 Å². The van der Waals surface area contributed by atoms with Crippen molar-refractivity contribution < 1.29 is 9.53 Å². The number of piperazine rings is 1. The number of hydrogen-bond acceptors (Lipinski definition) is 4. The van der Waals surface area contributed by atoms with Gasteiger partial charge in [-0.3, -0.25) is 9.69 Å². The van der Waals surface area contributed by atoms with E-state index in [0.29, 0.717) is 5.92 Å². The summed E-state index contributed by atoms with van der Waals surface area (Å²) in [6.45, 7) is 9.70. The summed E-state index contributed by atoms with van der Waals surface area (Å²) in [4.78, 5) is 17.8. The van der Waals surface area contributed by atoms with E-state index in [-0.39, 0.29) is 23.4 Å². The summed E-state index contributed by atoms with van der Waals surface area (Å²) in [6.07, 6.45) is 6.03. The molecule has 2 heterocycles. The molecule has 4 aliphatic rings. The van der Waals surface area contributed by atoms with Gasteiger partial charge in [0.1, 0.15) is 6.10 Å². The Balaban J connectivity index is 1.25. The van der Waals surface area contributed by atoms with Crippen molar-refractivity contribution in [2.75, 3.05) is 37.6 Å². The van der Waals surface area contributed by atoms with Gasteiger partial charge in [0.05, 0.1) is 5.92 Å². The largest absolute Gasteiger partial charge is 0.462 e. The number of esters is 1. The number of allylic oxidation sites excluding steroid dienone is 2. The summed E-state index contributed by atoms with van der Waals surface area (Å²) in [7, 11) is 0. The van der Waals surface area contributed by atoms with Crippen molar-refractivity contribution in [1.82, 2.24) is 4.90 Å². The van der Waals surface area contributed by atoms with E-state index in [9.17, 15) is 4.79 Å². The van der Waals surface area contributed by atoms with Crippen LogP contribution in [0.15, 0.2) is 41.5 Å². The van der Waals surface area contributed by atoms with Crippen molar-refractivity contribution in [3.05, 3.63) is 41.5 Å². The summed E-state index contributed by atoms with van der Waals surface area (Å²) < 4.78 is 5.96. The van der Waals surface area contributed by atoms with Gasteiger partial charge in [-0.1, -0.05) is 36.3 Å². The van der Waals surface area contributed by atoms with Gasteiger partial charge in [0, 0.05) is 44.3 Å². The van der Waals surface area contributed by atoms with Gasteiger partial charge >= 0.3 is 5.97 Å². The third-order valence-electron chi connectivity index (χ3n) is 8.13. The molecule has 1 aromatic carbocycles. The van der Waals surface area contributed by atoms with Crippen LogP contribution in [0.4, 0.5) is 5.69 Å². The smallest absolute Gasteiger partial charge is 0.310 e. The fourth-order valence-corrected chi connectivity index (χ4v) is 6.43. The summed E-state index contributed by atoms with van der Waals surface area (Å²) >= 11 is 0. The molecule has 4 heteroatoms. The minimum atomic E-state index is 0.0510. The fourth-order valence-electron chi connectivity index (χ4n) is 6.43. The second-order valence-electron chi connectivity index (χ2n) is 9.95. The van der Waals surface area contributed by atoms with E-state index >= 15 is 0 Å². The van der Waals surface area contributed by atoms with E-state index < -0.39 is 0 Å². The lowest BCUT2D eigenvalue weighted by Gasteiger charge is -2.46. The van der Waals surface area contributed by atoms with Crippen LogP contribution in [0.1, 0.15) is 46.0 Å². The first-order chi connectivity index (χ1) is 14.0. The Hall–Kier alpha value is -1.81. The van der Waals surface area contributed by atoms with Crippen molar-refractivity contribution in [3.63, 3.8) is 0 Å². The molecule has 2 aliphatic heterocycles. The molecule has 0 amide bonds. The van der Waals surface area contributed by atoms with Crippen molar-refractivity contribution in [2.45, 2.75) is 52.1 Å². The lowest BCUT2D eigenvalue weighted by molar-refractivity contribution is -0.145. The average Bonchev–Trinajstić information content (AvgIpc) is 3.01. The predicted molar refractivity (Wildman–Crippen MR) is 116 cm³/mol. The predicted octanol–water partition coefficient (Wildman–Crippen LogP) is 4.27. The standard InChI is InChI=1S/C25H34N2O2/c1-18-7-6-10-25(2)16-23-20(15-22(18)25)21(24(28)29-23)17-26-11-13-27(14-12-26)19-8-4-3-5-9-19/h3-5,8-9,20-21,23H,6-7,10-17H2,1-2H3/t20-,21-,23-,25-/m1/s1. The van der Waals surface area contributed by atoms with E-state index in [1.807, 2.05) is 0 Å². The molecule has 3 fully saturated rings. The molecule has 0 radical (unpaired) electrons. The van der Waals surface area contributed by atoms with Gasteiger partial charge in [-0.25, -0.2) is 0 Å². The van der Waals surface area contributed by atoms with E-state index in [1.165, 1.54) is 24.9 Å². The fraction of sp³-hybridized carbons (Fsp3) is 0.640. The van der Waals surface area contributed by atoms with Gasteiger partial charge in [-0.15, -0.1) is 0 Å². The van der Waals surface area contributed by atoms with Crippen LogP contribution < -0.4 is 4.90 Å². The molecule has 0 bridgehead atoms. The van der Waals surface area contributed by atoms with Crippen LogP contribution in [0.25, 0.3) is 0 Å². The maximum Gasteiger partial charge on any atom is 0.310 e. The van der Waals surface area contributed by atoms with E-state index in [0.717, 1.165) is 45.6 Å².